The zero-order valence-electron chi connectivity index (χ0n) is 16.7. The molecular weight excluding hydrogens is 372 g/mol. The molecule has 2 aliphatic rings. The number of rotatable bonds is 7. The Bertz CT molecular complexity index is 789. The Morgan fingerprint density at radius 2 is 2.03 bits per heavy atom. The summed E-state index contributed by atoms with van der Waals surface area (Å²) in [5, 5.41) is 14.9. The van der Waals surface area contributed by atoms with Crippen LogP contribution in [0.1, 0.15) is 56.9 Å². The molecule has 1 aliphatic carbocycles. The van der Waals surface area contributed by atoms with Gasteiger partial charge in [0.25, 0.3) is 0 Å². The molecule has 0 spiro atoms. The predicted molar refractivity (Wildman–Crippen MR) is 110 cm³/mol. The van der Waals surface area contributed by atoms with E-state index in [9.17, 15) is 9.59 Å². The van der Waals surface area contributed by atoms with Crippen LogP contribution in [0.25, 0.3) is 0 Å². The summed E-state index contributed by atoms with van der Waals surface area (Å²) in [6.45, 7) is 0.463. The zero-order chi connectivity index (χ0) is 20.9. The average molecular weight is 402 g/mol. The van der Waals surface area contributed by atoms with Gasteiger partial charge < -0.3 is 26.7 Å². The number of carbonyl (C=O) groups is 2. The van der Waals surface area contributed by atoms with E-state index in [0.717, 1.165) is 32.1 Å². The van der Waals surface area contributed by atoms with Crippen LogP contribution in [0.3, 0.4) is 0 Å². The number of hydrogen-bond acceptors (Lipinski definition) is 6. The molecule has 29 heavy (non-hydrogen) atoms. The van der Waals surface area contributed by atoms with E-state index in [0.29, 0.717) is 25.3 Å². The number of piperidine rings is 1. The van der Waals surface area contributed by atoms with Crippen molar-refractivity contribution in [2.45, 2.75) is 51.4 Å². The Morgan fingerprint density at radius 3 is 2.72 bits per heavy atom. The minimum atomic E-state index is -1.22. The third kappa shape index (κ3) is 4.46. The van der Waals surface area contributed by atoms with Gasteiger partial charge in [0, 0.05) is 18.7 Å². The maximum absolute atomic E-state index is 13.3. The SMILES string of the molecule is NC(=NO)c1c(N)cccc1OCC1(C(=O)CC2CCCCC2)CCCNC1=O. The summed E-state index contributed by atoms with van der Waals surface area (Å²) in [5.74, 6) is 0.0925. The van der Waals surface area contributed by atoms with Gasteiger partial charge in [-0.15, -0.1) is 0 Å². The van der Waals surface area contributed by atoms with Crippen molar-refractivity contribution in [2.75, 3.05) is 18.9 Å². The smallest absolute Gasteiger partial charge is 0.237 e. The Labute approximate surface area is 170 Å². The largest absolute Gasteiger partial charge is 0.491 e. The first kappa shape index (κ1) is 21.0. The summed E-state index contributed by atoms with van der Waals surface area (Å²) in [6.07, 6.45) is 7.13. The van der Waals surface area contributed by atoms with Crippen molar-refractivity contribution in [1.82, 2.24) is 5.32 Å². The third-order valence-electron chi connectivity index (χ3n) is 6.13. The second-order valence-electron chi connectivity index (χ2n) is 8.07. The molecule has 1 aromatic rings. The van der Waals surface area contributed by atoms with Crippen LogP contribution in [0.4, 0.5) is 5.69 Å². The first-order chi connectivity index (χ1) is 14.0. The molecule has 6 N–H and O–H groups in total. The van der Waals surface area contributed by atoms with E-state index in [1.54, 1.807) is 18.2 Å². The highest BCUT2D eigenvalue weighted by molar-refractivity contribution is 6.07. The Balaban J connectivity index is 1.83. The van der Waals surface area contributed by atoms with Crippen LogP contribution in [0.2, 0.25) is 0 Å². The average Bonchev–Trinajstić information content (AvgIpc) is 2.73. The maximum Gasteiger partial charge on any atom is 0.237 e. The highest BCUT2D eigenvalue weighted by Gasteiger charge is 2.48. The van der Waals surface area contributed by atoms with Crippen molar-refractivity contribution in [3.63, 3.8) is 0 Å². The summed E-state index contributed by atoms with van der Waals surface area (Å²) in [4.78, 5) is 26.1. The first-order valence-electron chi connectivity index (χ1n) is 10.3. The summed E-state index contributed by atoms with van der Waals surface area (Å²) in [5.41, 5.74) is 11.0. The Morgan fingerprint density at radius 1 is 1.28 bits per heavy atom. The van der Waals surface area contributed by atoms with Crippen molar-refractivity contribution in [3.05, 3.63) is 23.8 Å². The quantitative estimate of drug-likeness (QED) is 0.138. The molecule has 1 unspecified atom stereocenters. The topological polar surface area (TPSA) is 140 Å². The molecule has 0 radical (unpaired) electrons. The second-order valence-corrected chi connectivity index (χ2v) is 8.07. The van der Waals surface area contributed by atoms with Gasteiger partial charge in [-0.1, -0.05) is 43.3 Å². The van der Waals surface area contributed by atoms with Gasteiger partial charge >= 0.3 is 0 Å². The first-order valence-corrected chi connectivity index (χ1v) is 10.3. The molecule has 158 valence electrons. The molecule has 1 saturated heterocycles. The number of amides is 1. The molecule has 8 nitrogen and oxygen atoms in total. The number of nitrogen functional groups attached to an aromatic ring is 1. The lowest BCUT2D eigenvalue weighted by Crippen LogP contribution is -2.54. The summed E-state index contributed by atoms with van der Waals surface area (Å²) in [7, 11) is 0. The Kier molecular flexibility index (Phi) is 6.61. The van der Waals surface area contributed by atoms with E-state index in [2.05, 4.69) is 10.5 Å². The molecule has 0 aromatic heterocycles. The van der Waals surface area contributed by atoms with E-state index in [1.165, 1.54) is 6.42 Å². The van der Waals surface area contributed by atoms with Crippen LogP contribution in [-0.2, 0) is 9.59 Å². The van der Waals surface area contributed by atoms with Crippen molar-refractivity contribution in [1.29, 1.82) is 0 Å². The highest BCUT2D eigenvalue weighted by Crippen LogP contribution is 2.36. The summed E-state index contributed by atoms with van der Waals surface area (Å²) >= 11 is 0. The number of Topliss-reactive ketones (excluding diaryl/α,β-unsaturated/α-hetero) is 1. The van der Waals surface area contributed by atoms with E-state index >= 15 is 0 Å². The number of amidine groups is 1. The van der Waals surface area contributed by atoms with Gasteiger partial charge in [0.1, 0.15) is 17.8 Å². The highest BCUT2D eigenvalue weighted by atomic mass is 16.5. The van der Waals surface area contributed by atoms with E-state index in [-0.39, 0.29) is 41.1 Å². The number of oxime groups is 1. The standard InChI is InChI=1S/C21H30N4O4/c22-15-8-4-9-16(18(15)19(23)25-28)29-13-21(10-5-11-24-20(21)27)17(26)12-14-6-2-1-3-7-14/h4,8-9,14,28H,1-3,5-7,10-13,22H2,(H2,23,25)(H,24,27). The molecule has 1 atom stereocenters. The number of anilines is 1. The maximum atomic E-state index is 13.3. The molecule has 1 aliphatic heterocycles. The summed E-state index contributed by atoms with van der Waals surface area (Å²) < 4.78 is 5.93. The molecule has 1 amide bonds. The monoisotopic (exact) mass is 402 g/mol. The number of nitrogens with one attached hydrogen (secondary N) is 1. The number of benzene rings is 1. The number of nitrogens with zero attached hydrogens (tertiary/aromatic N) is 1. The van der Waals surface area contributed by atoms with Gasteiger partial charge in [0.15, 0.2) is 11.6 Å². The van der Waals surface area contributed by atoms with Gasteiger partial charge in [-0.2, -0.15) is 0 Å². The number of hydrogen-bond donors (Lipinski definition) is 4. The van der Waals surface area contributed by atoms with Crippen LogP contribution < -0.4 is 21.5 Å². The van der Waals surface area contributed by atoms with Crippen LogP contribution in [0.5, 0.6) is 5.75 Å². The van der Waals surface area contributed by atoms with Crippen LogP contribution in [0.15, 0.2) is 23.4 Å². The number of carbonyl (C=O) groups excluding carboxylic acids is 2. The van der Waals surface area contributed by atoms with Gasteiger partial charge in [-0.05, 0) is 30.9 Å². The van der Waals surface area contributed by atoms with Gasteiger partial charge in [-0.3, -0.25) is 9.59 Å². The number of ketones is 1. The van der Waals surface area contributed by atoms with E-state index in [4.69, 9.17) is 21.4 Å². The molecule has 1 saturated carbocycles. The molecule has 1 aromatic carbocycles. The molecule has 1 heterocycles. The third-order valence-corrected chi connectivity index (χ3v) is 6.13. The van der Waals surface area contributed by atoms with Crippen LogP contribution in [-0.4, -0.2) is 35.9 Å². The molecule has 0 bridgehead atoms. The molecule has 3 rings (SSSR count). The van der Waals surface area contributed by atoms with Crippen LogP contribution in [0, 0.1) is 11.3 Å². The fraction of sp³-hybridized carbons (Fsp3) is 0.571. The fourth-order valence-electron chi connectivity index (χ4n) is 4.40. The molecular formula is C21H30N4O4. The minimum absolute atomic E-state index is 0.0594. The lowest BCUT2D eigenvalue weighted by molar-refractivity contribution is -0.147. The zero-order valence-corrected chi connectivity index (χ0v) is 16.7. The Hall–Kier alpha value is -2.77. The van der Waals surface area contributed by atoms with Gasteiger partial charge in [-0.25, -0.2) is 0 Å². The van der Waals surface area contributed by atoms with Crippen molar-refractivity contribution in [2.24, 2.45) is 22.2 Å². The predicted octanol–water partition coefficient (Wildman–Crippen LogP) is 2.18. The summed E-state index contributed by atoms with van der Waals surface area (Å²) in [6, 6.07) is 4.91. The van der Waals surface area contributed by atoms with Crippen molar-refractivity contribution >= 4 is 23.2 Å². The second kappa shape index (κ2) is 9.15. The molecule has 8 heteroatoms. The van der Waals surface area contributed by atoms with Crippen molar-refractivity contribution < 1.29 is 19.5 Å². The normalized spacial score (nSPS) is 23.4. The number of nitrogens with two attached hydrogens (primary N) is 2. The van der Waals surface area contributed by atoms with Crippen LogP contribution >= 0.6 is 0 Å². The van der Waals surface area contributed by atoms with E-state index in [1.807, 2.05) is 0 Å². The lowest BCUT2D eigenvalue weighted by atomic mass is 9.72. The van der Waals surface area contributed by atoms with Crippen molar-refractivity contribution in [3.8, 4) is 5.75 Å². The minimum Gasteiger partial charge on any atom is -0.491 e. The molecule has 2 fully saturated rings. The van der Waals surface area contributed by atoms with Gasteiger partial charge in [0.05, 0.1) is 5.56 Å². The van der Waals surface area contributed by atoms with E-state index < -0.39 is 5.41 Å². The van der Waals surface area contributed by atoms with Gasteiger partial charge in [0.2, 0.25) is 5.91 Å². The fourth-order valence-corrected chi connectivity index (χ4v) is 4.40. The number of ether oxygens (including phenoxy) is 1. The lowest BCUT2D eigenvalue weighted by Gasteiger charge is -2.36.